The smallest absolute Gasteiger partial charge is 0.268 e. The molecule has 5 heteroatoms. The lowest BCUT2D eigenvalue weighted by Gasteiger charge is -2.34. The molecule has 1 aromatic rings. The molecule has 16 heavy (non-hydrogen) atoms. The highest BCUT2D eigenvalue weighted by Gasteiger charge is 2.28. The van der Waals surface area contributed by atoms with E-state index in [0.717, 1.165) is 25.9 Å². The Balaban J connectivity index is 2.01. The Morgan fingerprint density at radius 2 is 2.19 bits per heavy atom. The van der Waals surface area contributed by atoms with E-state index < -0.39 is 0 Å². The summed E-state index contributed by atoms with van der Waals surface area (Å²) in [5.41, 5.74) is 0.407. The quantitative estimate of drug-likeness (QED) is 0.736. The lowest BCUT2D eigenvalue weighted by atomic mass is 9.90. The van der Waals surface area contributed by atoms with Crippen molar-refractivity contribution >= 4 is 17.5 Å². The van der Waals surface area contributed by atoms with E-state index >= 15 is 0 Å². The third-order valence-corrected chi connectivity index (χ3v) is 3.23. The number of halogens is 1. The van der Waals surface area contributed by atoms with Crippen molar-refractivity contribution in [1.29, 1.82) is 0 Å². The van der Waals surface area contributed by atoms with Crippen LogP contribution >= 0.6 is 11.6 Å². The summed E-state index contributed by atoms with van der Waals surface area (Å²) < 4.78 is 0. The molecule has 1 fully saturated rings. The number of hydrogen-bond donors (Lipinski definition) is 3. The van der Waals surface area contributed by atoms with Crippen LogP contribution in [0, 0.1) is 0 Å². The third kappa shape index (κ3) is 2.57. The summed E-state index contributed by atoms with van der Waals surface area (Å²) in [5, 5.41) is 6.89. The van der Waals surface area contributed by atoms with Crippen LogP contribution in [0.15, 0.2) is 12.3 Å². The maximum absolute atomic E-state index is 11.9. The highest BCUT2D eigenvalue weighted by molar-refractivity contribution is 6.30. The summed E-state index contributed by atoms with van der Waals surface area (Å²) in [6, 6.07) is 1.64. The molecular formula is C11H16ClN3O. The molecule has 1 saturated heterocycles. The van der Waals surface area contributed by atoms with E-state index in [1.54, 1.807) is 12.3 Å². The minimum Gasteiger partial charge on any atom is -0.356 e. The number of rotatable bonds is 2. The van der Waals surface area contributed by atoms with Crippen LogP contribution in [0.5, 0.6) is 0 Å². The number of carbonyl (C=O) groups is 1. The Kier molecular flexibility index (Phi) is 3.21. The van der Waals surface area contributed by atoms with Crippen LogP contribution in [0.25, 0.3) is 0 Å². The second kappa shape index (κ2) is 4.47. The standard InChI is InChI=1S/C11H16ClN3O/c1-11(2-4-13-5-3-11)15-10(16)9-6-8(12)7-14-9/h6-7,13-14H,2-5H2,1H3,(H,15,16). The number of H-pyrrole nitrogens is 1. The van der Waals surface area contributed by atoms with Crippen molar-refractivity contribution in [1.82, 2.24) is 15.6 Å². The average Bonchev–Trinajstić information content (AvgIpc) is 2.65. The number of aromatic amines is 1. The number of carbonyl (C=O) groups excluding carboxylic acids is 1. The normalized spacial score (nSPS) is 19.4. The molecule has 1 aromatic heterocycles. The molecule has 0 atom stereocenters. The Labute approximate surface area is 99.8 Å². The first-order valence-corrected chi connectivity index (χ1v) is 5.84. The average molecular weight is 242 g/mol. The molecule has 0 aliphatic carbocycles. The number of hydrogen-bond acceptors (Lipinski definition) is 2. The molecule has 1 amide bonds. The molecule has 1 aliphatic heterocycles. The predicted molar refractivity (Wildman–Crippen MR) is 63.8 cm³/mol. The van der Waals surface area contributed by atoms with Crippen molar-refractivity contribution in [3.05, 3.63) is 23.0 Å². The fourth-order valence-electron chi connectivity index (χ4n) is 1.94. The second-order valence-electron chi connectivity index (χ2n) is 4.50. The summed E-state index contributed by atoms with van der Waals surface area (Å²) in [6.07, 6.45) is 3.52. The first-order valence-electron chi connectivity index (χ1n) is 5.46. The van der Waals surface area contributed by atoms with Gasteiger partial charge in [-0.05, 0) is 38.9 Å². The van der Waals surface area contributed by atoms with E-state index in [2.05, 4.69) is 22.5 Å². The minimum absolute atomic E-state index is 0.0868. The van der Waals surface area contributed by atoms with Gasteiger partial charge < -0.3 is 15.6 Å². The zero-order chi connectivity index (χ0) is 11.6. The monoisotopic (exact) mass is 241 g/mol. The van der Waals surface area contributed by atoms with Gasteiger partial charge in [-0.15, -0.1) is 0 Å². The maximum atomic E-state index is 11.9. The van der Waals surface area contributed by atoms with Gasteiger partial charge in [0.25, 0.3) is 5.91 Å². The SMILES string of the molecule is CC1(NC(=O)c2cc(Cl)c[nH]2)CCNCC1. The Bertz CT molecular complexity index is 382. The first kappa shape index (κ1) is 11.5. The first-order chi connectivity index (χ1) is 7.59. The van der Waals surface area contributed by atoms with Gasteiger partial charge in [-0.25, -0.2) is 0 Å². The van der Waals surface area contributed by atoms with Crippen LogP contribution < -0.4 is 10.6 Å². The molecule has 4 nitrogen and oxygen atoms in total. The minimum atomic E-state index is -0.111. The highest BCUT2D eigenvalue weighted by atomic mass is 35.5. The molecule has 0 spiro atoms. The van der Waals surface area contributed by atoms with E-state index in [1.807, 2.05) is 0 Å². The van der Waals surface area contributed by atoms with Gasteiger partial charge in [0.1, 0.15) is 5.69 Å². The van der Waals surface area contributed by atoms with Crippen molar-refractivity contribution in [3.63, 3.8) is 0 Å². The van der Waals surface area contributed by atoms with Gasteiger partial charge in [-0.2, -0.15) is 0 Å². The molecule has 3 N–H and O–H groups in total. The zero-order valence-corrected chi connectivity index (χ0v) is 10.0. The predicted octanol–water partition coefficient (Wildman–Crippen LogP) is 1.54. The molecule has 1 aliphatic rings. The zero-order valence-electron chi connectivity index (χ0n) is 9.27. The Morgan fingerprint density at radius 1 is 1.50 bits per heavy atom. The van der Waals surface area contributed by atoms with Crippen molar-refractivity contribution in [2.75, 3.05) is 13.1 Å². The van der Waals surface area contributed by atoms with Crippen molar-refractivity contribution in [2.45, 2.75) is 25.3 Å². The van der Waals surface area contributed by atoms with Gasteiger partial charge in [0.2, 0.25) is 0 Å². The lowest BCUT2D eigenvalue weighted by Crippen LogP contribution is -2.52. The fraction of sp³-hybridized carbons (Fsp3) is 0.545. The van der Waals surface area contributed by atoms with E-state index in [-0.39, 0.29) is 11.4 Å². The Hall–Kier alpha value is -1.00. The number of piperidine rings is 1. The van der Waals surface area contributed by atoms with Gasteiger partial charge in [-0.3, -0.25) is 4.79 Å². The number of nitrogens with one attached hydrogen (secondary N) is 3. The molecule has 0 unspecified atom stereocenters. The summed E-state index contributed by atoms with van der Waals surface area (Å²) in [6.45, 7) is 3.97. The van der Waals surface area contributed by atoms with E-state index in [1.165, 1.54) is 0 Å². The van der Waals surface area contributed by atoms with Gasteiger partial charge in [0.05, 0.1) is 5.02 Å². The van der Waals surface area contributed by atoms with Gasteiger partial charge in [-0.1, -0.05) is 11.6 Å². The second-order valence-corrected chi connectivity index (χ2v) is 4.93. The van der Waals surface area contributed by atoms with Crippen LogP contribution in [0.1, 0.15) is 30.3 Å². The van der Waals surface area contributed by atoms with E-state index in [0.29, 0.717) is 10.7 Å². The third-order valence-electron chi connectivity index (χ3n) is 3.01. The van der Waals surface area contributed by atoms with Crippen LogP contribution in [0.3, 0.4) is 0 Å². The molecular weight excluding hydrogens is 226 g/mol. The molecule has 0 radical (unpaired) electrons. The summed E-state index contributed by atoms with van der Waals surface area (Å²) in [7, 11) is 0. The van der Waals surface area contributed by atoms with Crippen LogP contribution in [0.4, 0.5) is 0 Å². The molecule has 0 bridgehead atoms. The van der Waals surface area contributed by atoms with E-state index in [9.17, 15) is 4.79 Å². The molecule has 0 saturated carbocycles. The van der Waals surface area contributed by atoms with Crippen LogP contribution in [-0.2, 0) is 0 Å². The number of amides is 1. The van der Waals surface area contributed by atoms with Crippen molar-refractivity contribution < 1.29 is 4.79 Å². The Morgan fingerprint density at radius 3 is 2.75 bits per heavy atom. The summed E-state index contributed by atoms with van der Waals surface area (Å²) in [5.74, 6) is -0.0868. The fourth-order valence-corrected chi connectivity index (χ4v) is 2.11. The molecule has 88 valence electrons. The lowest BCUT2D eigenvalue weighted by molar-refractivity contribution is 0.0883. The van der Waals surface area contributed by atoms with Crippen molar-refractivity contribution in [3.8, 4) is 0 Å². The highest BCUT2D eigenvalue weighted by Crippen LogP contribution is 2.18. The molecule has 2 heterocycles. The summed E-state index contributed by atoms with van der Waals surface area (Å²) >= 11 is 5.76. The largest absolute Gasteiger partial charge is 0.356 e. The molecule has 2 rings (SSSR count). The van der Waals surface area contributed by atoms with E-state index in [4.69, 9.17) is 11.6 Å². The molecule has 0 aromatic carbocycles. The van der Waals surface area contributed by atoms with Gasteiger partial charge >= 0.3 is 0 Å². The summed E-state index contributed by atoms with van der Waals surface area (Å²) in [4.78, 5) is 14.8. The van der Waals surface area contributed by atoms with Crippen molar-refractivity contribution in [2.24, 2.45) is 0 Å². The maximum Gasteiger partial charge on any atom is 0.268 e. The topological polar surface area (TPSA) is 56.9 Å². The van der Waals surface area contributed by atoms with Gasteiger partial charge in [0.15, 0.2) is 0 Å². The van der Waals surface area contributed by atoms with Crippen LogP contribution in [-0.4, -0.2) is 29.5 Å². The van der Waals surface area contributed by atoms with Gasteiger partial charge in [0, 0.05) is 11.7 Å². The van der Waals surface area contributed by atoms with Crippen LogP contribution in [0.2, 0.25) is 5.02 Å². The number of aromatic nitrogens is 1.